The standard InChI is InChI=1S/C23H16F3N3O4.C14H11F3N2O2.C9H5NO2.H2O4S/c24-23(25,26)18-6-4-15(12-28-18)22(7-9-32-17-2-1-8-27-20(17)22)29-21(31)13-3-5-16-14(10-13)11-19(30)33-16;15-14(16,17)11-4-3-9(8-19-11)13(20)5-7-21-10-2-1-6-18-12(10)13;1-10-7-2-3-8-6(4-7)5-9(11)12-8;1-5(2,3)4/h1-6,8,10,12H,7,9,11H2,(H,29,31);1-4,6,8,20H,5,7H2;2-4H,5H2;(H2,1,2,3,4). The molecule has 4 N–H and O–H groups in total. The van der Waals surface area contributed by atoms with Crippen LogP contribution in [0, 0.1) is 6.57 Å². The Hall–Kier alpha value is -8.05. The Bertz CT molecular complexity index is 3150. The maximum absolute atomic E-state index is 13.3. The number of aliphatic hydroxyl groups is 1. The van der Waals surface area contributed by atoms with Gasteiger partial charge in [0.05, 0.1) is 32.6 Å². The fraction of sp³-hybridized carbons (Fsp3) is 0.217. The number of hydrogen-bond acceptors (Lipinski definition) is 14. The number of ether oxygens (including phenoxy) is 4. The van der Waals surface area contributed by atoms with Gasteiger partial charge in [-0.05, 0) is 72.3 Å². The molecular formula is C46H34F6N6O12S. The van der Waals surface area contributed by atoms with Crippen molar-refractivity contribution in [2.24, 2.45) is 0 Å². The molecular weight excluding hydrogens is 975 g/mol. The number of benzene rings is 2. The van der Waals surface area contributed by atoms with Gasteiger partial charge in [0.1, 0.15) is 56.9 Å². The fourth-order valence-electron chi connectivity index (χ4n) is 7.61. The minimum absolute atomic E-state index is 0.0582. The van der Waals surface area contributed by atoms with Crippen molar-refractivity contribution in [3.05, 3.63) is 172 Å². The second-order valence-electron chi connectivity index (χ2n) is 15.5. The molecule has 2 atom stereocenters. The SMILES string of the molecule is O=C1Cc2cc(C(=O)NC3(c4ccc(C(F)(F)F)nc4)CCOc4cccnc43)ccc2O1.O=S(=O)(O)O.OC1(c2ccc(C(F)(F)F)nc2)CCOc2cccnc21.[C-]#[N+]c1ccc2c(c1)CC(=O)O2. The predicted octanol–water partition coefficient (Wildman–Crippen LogP) is 6.97. The predicted molar refractivity (Wildman–Crippen MR) is 230 cm³/mol. The highest BCUT2D eigenvalue weighted by molar-refractivity contribution is 7.79. The molecule has 2 aromatic carbocycles. The summed E-state index contributed by atoms with van der Waals surface area (Å²) >= 11 is 0. The Balaban J connectivity index is 0.000000165. The number of alkyl halides is 6. The summed E-state index contributed by atoms with van der Waals surface area (Å²) in [6.45, 7) is 7.20. The van der Waals surface area contributed by atoms with Crippen LogP contribution in [-0.4, -0.2) is 73.6 Å². The molecule has 0 aliphatic carbocycles. The van der Waals surface area contributed by atoms with Crippen LogP contribution in [0.4, 0.5) is 32.0 Å². The lowest BCUT2D eigenvalue weighted by atomic mass is 9.81. The van der Waals surface area contributed by atoms with Gasteiger partial charge in [0.15, 0.2) is 5.69 Å². The van der Waals surface area contributed by atoms with E-state index in [9.17, 15) is 45.8 Å². The van der Waals surface area contributed by atoms with E-state index in [1.54, 1.807) is 48.5 Å². The molecule has 0 fully saturated rings. The second kappa shape index (κ2) is 20.1. The molecule has 0 saturated heterocycles. The van der Waals surface area contributed by atoms with E-state index in [1.165, 1.54) is 36.7 Å². The minimum atomic E-state index is -4.67. The quantitative estimate of drug-likeness (QED) is 0.0457. The van der Waals surface area contributed by atoms with Gasteiger partial charge in [-0.25, -0.2) is 4.85 Å². The van der Waals surface area contributed by atoms with E-state index in [2.05, 4.69) is 30.1 Å². The van der Waals surface area contributed by atoms with Crippen LogP contribution in [0.1, 0.15) is 68.2 Å². The molecule has 25 heteroatoms. The molecule has 0 spiro atoms. The third kappa shape index (κ3) is 11.9. The number of fused-ring (bicyclic) bond motifs is 4. The first kappa shape index (κ1) is 50.8. The van der Waals surface area contributed by atoms with E-state index in [-0.39, 0.29) is 55.3 Å². The summed E-state index contributed by atoms with van der Waals surface area (Å²) in [5.74, 6) is 0.687. The number of carbonyl (C=O) groups is 3. The Kier molecular flexibility index (Phi) is 14.4. The number of esters is 2. The highest BCUT2D eigenvalue weighted by Crippen LogP contribution is 2.43. The number of nitrogens with one attached hydrogen (secondary N) is 1. The monoisotopic (exact) mass is 1010 g/mol. The van der Waals surface area contributed by atoms with Crippen molar-refractivity contribution < 1.29 is 82.3 Å². The molecule has 4 aromatic heterocycles. The number of aromatic nitrogens is 4. The Labute approximate surface area is 397 Å². The van der Waals surface area contributed by atoms with E-state index in [1.807, 2.05) is 0 Å². The number of pyridine rings is 4. The van der Waals surface area contributed by atoms with Crippen LogP contribution in [0.5, 0.6) is 23.0 Å². The number of carbonyl (C=O) groups excluding carboxylic acids is 3. The van der Waals surface area contributed by atoms with E-state index in [0.717, 1.165) is 30.1 Å². The average molecular weight is 1010 g/mol. The van der Waals surface area contributed by atoms with Crippen molar-refractivity contribution in [3.8, 4) is 23.0 Å². The van der Waals surface area contributed by atoms with E-state index in [4.69, 9.17) is 43.0 Å². The smallest absolute Gasteiger partial charge is 0.433 e. The third-order valence-electron chi connectivity index (χ3n) is 10.8. The van der Waals surface area contributed by atoms with Crippen LogP contribution >= 0.6 is 0 Å². The maximum atomic E-state index is 13.3. The van der Waals surface area contributed by atoms with Gasteiger partial charge in [-0.15, -0.1) is 0 Å². The van der Waals surface area contributed by atoms with Gasteiger partial charge in [-0.1, -0.05) is 18.2 Å². The lowest BCUT2D eigenvalue weighted by Crippen LogP contribution is -2.50. The van der Waals surface area contributed by atoms with E-state index >= 15 is 0 Å². The van der Waals surface area contributed by atoms with Gasteiger partial charge in [-0.3, -0.25) is 43.4 Å². The zero-order valence-electron chi connectivity index (χ0n) is 36.1. The zero-order valence-corrected chi connectivity index (χ0v) is 36.9. The van der Waals surface area contributed by atoms with Gasteiger partial charge in [0, 0.05) is 59.9 Å². The summed E-state index contributed by atoms with van der Waals surface area (Å²) in [7, 11) is -4.67. The van der Waals surface area contributed by atoms with Crippen LogP contribution in [0.2, 0.25) is 0 Å². The van der Waals surface area contributed by atoms with Crippen LogP contribution in [0.3, 0.4) is 0 Å². The molecule has 1 amide bonds. The van der Waals surface area contributed by atoms with Crippen LogP contribution in [0.25, 0.3) is 4.85 Å². The summed E-state index contributed by atoms with van der Waals surface area (Å²) < 4.78 is 129. The van der Waals surface area contributed by atoms with Crippen molar-refractivity contribution in [2.45, 2.75) is 49.2 Å². The van der Waals surface area contributed by atoms with E-state index < -0.39 is 57.2 Å². The second-order valence-corrected chi connectivity index (χ2v) is 16.3. The molecule has 0 radical (unpaired) electrons. The molecule has 18 nitrogen and oxygen atoms in total. The van der Waals surface area contributed by atoms with Crippen molar-refractivity contribution in [1.82, 2.24) is 25.3 Å². The number of amides is 1. The molecule has 0 bridgehead atoms. The van der Waals surface area contributed by atoms with Crippen molar-refractivity contribution in [3.63, 3.8) is 0 Å². The molecule has 10 rings (SSSR count). The molecule has 8 heterocycles. The molecule has 71 heavy (non-hydrogen) atoms. The summed E-state index contributed by atoms with van der Waals surface area (Å²) in [6.07, 6.45) is -3.18. The molecule has 4 aliphatic rings. The Morgan fingerprint density at radius 3 is 1.72 bits per heavy atom. The first-order valence-corrected chi connectivity index (χ1v) is 21.9. The molecule has 4 aliphatic heterocycles. The van der Waals surface area contributed by atoms with Crippen LogP contribution in [-0.2, 0) is 56.3 Å². The maximum Gasteiger partial charge on any atom is 0.433 e. The van der Waals surface area contributed by atoms with Gasteiger partial charge in [0.25, 0.3) is 5.91 Å². The normalized spacial score (nSPS) is 18.4. The lowest BCUT2D eigenvalue weighted by Gasteiger charge is -2.38. The molecule has 6 aromatic rings. The summed E-state index contributed by atoms with van der Waals surface area (Å²) in [4.78, 5) is 54.3. The van der Waals surface area contributed by atoms with Crippen molar-refractivity contribution in [2.75, 3.05) is 13.2 Å². The number of nitrogens with zero attached hydrogens (tertiary/aromatic N) is 5. The van der Waals surface area contributed by atoms with Gasteiger partial charge < -0.3 is 29.4 Å². The number of halogens is 6. The largest absolute Gasteiger partial charge is 0.491 e. The Morgan fingerprint density at radius 1 is 0.676 bits per heavy atom. The zero-order chi connectivity index (χ0) is 51.4. The van der Waals surface area contributed by atoms with Gasteiger partial charge >= 0.3 is 34.7 Å². The molecule has 2 unspecified atom stereocenters. The van der Waals surface area contributed by atoms with Gasteiger partial charge in [-0.2, -0.15) is 34.8 Å². The van der Waals surface area contributed by atoms with Gasteiger partial charge in [0.2, 0.25) is 0 Å². The minimum Gasteiger partial charge on any atom is -0.491 e. The molecule has 368 valence electrons. The first-order valence-electron chi connectivity index (χ1n) is 20.5. The summed E-state index contributed by atoms with van der Waals surface area (Å²) in [6, 6.07) is 20.5. The van der Waals surface area contributed by atoms with Crippen molar-refractivity contribution in [1.29, 1.82) is 0 Å². The first-order chi connectivity index (χ1) is 33.5. The lowest BCUT2D eigenvalue weighted by molar-refractivity contribution is -0.142. The summed E-state index contributed by atoms with van der Waals surface area (Å²) in [5.41, 5.74) is -1.32. The number of hydrogen-bond donors (Lipinski definition) is 4. The highest BCUT2D eigenvalue weighted by atomic mass is 32.3. The van der Waals surface area contributed by atoms with E-state index in [0.29, 0.717) is 51.9 Å². The van der Waals surface area contributed by atoms with Crippen LogP contribution < -0.4 is 24.3 Å². The topological polar surface area (TPSA) is 251 Å². The van der Waals surface area contributed by atoms with Crippen LogP contribution in [0.15, 0.2) is 110 Å². The summed E-state index contributed by atoms with van der Waals surface area (Å²) in [5, 5.41) is 13.8. The third-order valence-corrected chi connectivity index (χ3v) is 10.8. The number of rotatable bonds is 4. The Morgan fingerprint density at radius 2 is 1.18 bits per heavy atom. The molecule has 0 saturated carbocycles. The fourth-order valence-corrected chi connectivity index (χ4v) is 7.61. The van der Waals surface area contributed by atoms with Crippen molar-refractivity contribution >= 4 is 33.9 Å². The average Bonchev–Trinajstić information content (AvgIpc) is 3.90. The highest BCUT2D eigenvalue weighted by Gasteiger charge is 2.44.